The SMILES string of the molecule is NC(=O)c1ccc(CN2CCNCC2)cc1. The largest absolute Gasteiger partial charge is 0.366 e. The lowest BCUT2D eigenvalue weighted by molar-refractivity contribution is 0.100. The van der Waals surface area contributed by atoms with Crippen LogP contribution in [0.1, 0.15) is 15.9 Å². The summed E-state index contributed by atoms with van der Waals surface area (Å²) in [5.41, 5.74) is 6.99. The number of hydrogen-bond donors (Lipinski definition) is 2. The number of benzene rings is 1. The van der Waals surface area contributed by atoms with Gasteiger partial charge < -0.3 is 11.1 Å². The number of rotatable bonds is 3. The first-order chi connectivity index (χ1) is 7.75. The molecule has 2 rings (SSSR count). The van der Waals surface area contributed by atoms with E-state index >= 15 is 0 Å². The van der Waals surface area contributed by atoms with Crippen LogP contribution in [0.4, 0.5) is 0 Å². The summed E-state index contributed by atoms with van der Waals surface area (Å²) in [5, 5.41) is 3.32. The molecule has 86 valence electrons. The molecule has 1 fully saturated rings. The molecule has 1 heterocycles. The molecule has 1 aliphatic rings. The Morgan fingerprint density at radius 2 is 1.88 bits per heavy atom. The smallest absolute Gasteiger partial charge is 0.248 e. The van der Waals surface area contributed by atoms with Crippen LogP contribution in [-0.4, -0.2) is 37.0 Å². The van der Waals surface area contributed by atoms with Gasteiger partial charge in [-0.05, 0) is 17.7 Å². The van der Waals surface area contributed by atoms with Gasteiger partial charge in [0.1, 0.15) is 0 Å². The Labute approximate surface area is 95.4 Å². The Balaban J connectivity index is 1.96. The molecule has 0 spiro atoms. The molecular formula is C12H17N3O. The fourth-order valence-electron chi connectivity index (χ4n) is 1.90. The topological polar surface area (TPSA) is 58.4 Å². The van der Waals surface area contributed by atoms with Crippen molar-refractivity contribution in [1.29, 1.82) is 0 Å². The molecule has 0 unspecified atom stereocenters. The van der Waals surface area contributed by atoms with Crippen LogP contribution in [0.25, 0.3) is 0 Å². The van der Waals surface area contributed by atoms with Crippen LogP contribution in [0, 0.1) is 0 Å². The number of carbonyl (C=O) groups is 1. The van der Waals surface area contributed by atoms with Gasteiger partial charge >= 0.3 is 0 Å². The van der Waals surface area contributed by atoms with E-state index in [4.69, 9.17) is 5.73 Å². The lowest BCUT2D eigenvalue weighted by Crippen LogP contribution is -2.42. The summed E-state index contributed by atoms with van der Waals surface area (Å²) >= 11 is 0. The highest BCUT2D eigenvalue weighted by Gasteiger charge is 2.09. The van der Waals surface area contributed by atoms with Crippen molar-refractivity contribution in [3.05, 3.63) is 35.4 Å². The summed E-state index contributed by atoms with van der Waals surface area (Å²) < 4.78 is 0. The molecule has 0 atom stereocenters. The first kappa shape index (κ1) is 11.1. The minimum atomic E-state index is -0.367. The molecule has 0 aliphatic carbocycles. The molecule has 0 saturated carbocycles. The minimum absolute atomic E-state index is 0.367. The summed E-state index contributed by atoms with van der Waals surface area (Å²) in [6.07, 6.45) is 0. The highest BCUT2D eigenvalue weighted by atomic mass is 16.1. The quantitative estimate of drug-likeness (QED) is 0.763. The van der Waals surface area contributed by atoms with Gasteiger partial charge in [-0.15, -0.1) is 0 Å². The Morgan fingerprint density at radius 3 is 2.44 bits per heavy atom. The Bertz CT molecular complexity index is 355. The molecule has 4 nitrogen and oxygen atoms in total. The first-order valence-electron chi connectivity index (χ1n) is 5.57. The van der Waals surface area contributed by atoms with Crippen molar-refractivity contribution in [2.24, 2.45) is 5.73 Å². The van der Waals surface area contributed by atoms with Crippen molar-refractivity contribution in [3.63, 3.8) is 0 Å². The zero-order chi connectivity index (χ0) is 11.4. The summed E-state index contributed by atoms with van der Waals surface area (Å²) in [6.45, 7) is 5.22. The third kappa shape index (κ3) is 2.81. The van der Waals surface area contributed by atoms with Crippen molar-refractivity contribution in [2.45, 2.75) is 6.54 Å². The standard InChI is InChI=1S/C12H17N3O/c13-12(16)11-3-1-10(2-4-11)9-15-7-5-14-6-8-15/h1-4,14H,5-9H2,(H2,13,16). The van der Waals surface area contributed by atoms with E-state index in [1.54, 1.807) is 12.1 Å². The molecular weight excluding hydrogens is 202 g/mol. The number of piperazine rings is 1. The van der Waals surface area contributed by atoms with E-state index in [1.165, 1.54) is 5.56 Å². The predicted molar refractivity (Wildman–Crippen MR) is 63.1 cm³/mol. The molecule has 1 saturated heterocycles. The maximum absolute atomic E-state index is 10.9. The van der Waals surface area contributed by atoms with E-state index in [2.05, 4.69) is 10.2 Å². The number of carbonyl (C=O) groups excluding carboxylic acids is 1. The Kier molecular flexibility index (Phi) is 3.54. The van der Waals surface area contributed by atoms with Gasteiger partial charge in [-0.25, -0.2) is 0 Å². The van der Waals surface area contributed by atoms with Crippen molar-refractivity contribution in [3.8, 4) is 0 Å². The van der Waals surface area contributed by atoms with Crippen LogP contribution in [0.3, 0.4) is 0 Å². The summed E-state index contributed by atoms with van der Waals surface area (Å²) in [5.74, 6) is -0.367. The van der Waals surface area contributed by atoms with Gasteiger partial charge in [0.2, 0.25) is 5.91 Å². The Morgan fingerprint density at radius 1 is 1.25 bits per heavy atom. The van der Waals surface area contributed by atoms with Crippen molar-refractivity contribution < 1.29 is 4.79 Å². The minimum Gasteiger partial charge on any atom is -0.366 e. The first-order valence-corrected chi connectivity index (χ1v) is 5.57. The van der Waals surface area contributed by atoms with Gasteiger partial charge in [0.25, 0.3) is 0 Å². The van der Waals surface area contributed by atoms with E-state index in [9.17, 15) is 4.79 Å². The maximum Gasteiger partial charge on any atom is 0.248 e. The zero-order valence-corrected chi connectivity index (χ0v) is 9.28. The van der Waals surface area contributed by atoms with E-state index in [1.807, 2.05) is 12.1 Å². The average molecular weight is 219 g/mol. The molecule has 1 aromatic rings. The third-order valence-corrected chi connectivity index (χ3v) is 2.85. The van der Waals surface area contributed by atoms with Gasteiger partial charge in [-0.2, -0.15) is 0 Å². The van der Waals surface area contributed by atoms with Gasteiger partial charge in [0.15, 0.2) is 0 Å². The number of nitrogens with one attached hydrogen (secondary N) is 1. The number of hydrogen-bond acceptors (Lipinski definition) is 3. The molecule has 3 N–H and O–H groups in total. The van der Waals surface area contributed by atoms with Gasteiger partial charge in [-0.1, -0.05) is 12.1 Å². The predicted octanol–water partition coefficient (Wildman–Crippen LogP) is 0.191. The number of primary amides is 1. The molecule has 1 amide bonds. The van der Waals surface area contributed by atoms with Crippen molar-refractivity contribution in [1.82, 2.24) is 10.2 Å². The highest BCUT2D eigenvalue weighted by molar-refractivity contribution is 5.92. The van der Waals surface area contributed by atoms with E-state index in [-0.39, 0.29) is 5.91 Å². The number of amides is 1. The van der Waals surface area contributed by atoms with Crippen molar-refractivity contribution >= 4 is 5.91 Å². The molecule has 1 aliphatic heterocycles. The van der Waals surface area contributed by atoms with Crippen LogP contribution in [-0.2, 0) is 6.54 Å². The molecule has 0 radical (unpaired) electrons. The normalized spacial score (nSPS) is 17.2. The van der Waals surface area contributed by atoms with Gasteiger partial charge in [0, 0.05) is 38.3 Å². The molecule has 0 aromatic heterocycles. The van der Waals surface area contributed by atoms with Crippen molar-refractivity contribution in [2.75, 3.05) is 26.2 Å². The summed E-state index contributed by atoms with van der Waals surface area (Å²) in [7, 11) is 0. The fourth-order valence-corrected chi connectivity index (χ4v) is 1.90. The Hall–Kier alpha value is -1.39. The summed E-state index contributed by atoms with van der Waals surface area (Å²) in [4.78, 5) is 13.3. The van der Waals surface area contributed by atoms with Crippen LogP contribution < -0.4 is 11.1 Å². The lowest BCUT2D eigenvalue weighted by atomic mass is 10.1. The maximum atomic E-state index is 10.9. The second-order valence-electron chi connectivity index (χ2n) is 4.09. The number of nitrogens with two attached hydrogens (primary N) is 1. The van der Waals surface area contributed by atoms with Crippen LogP contribution in [0.15, 0.2) is 24.3 Å². The third-order valence-electron chi connectivity index (χ3n) is 2.85. The fraction of sp³-hybridized carbons (Fsp3) is 0.417. The average Bonchev–Trinajstić information content (AvgIpc) is 2.31. The summed E-state index contributed by atoms with van der Waals surface area (Å²) in [6, 6.07) is 7.53. The zero-order valence-electron chi connectivity index (χ0n) is 9.28. The molecule has 1 aromatic carbocycles. The second kappa shape index (κ2) is 5.09. The van der Waals surface area contributed by atoms with E-state index < -0.39 is 0 Å². The number of nitrogens with zero attached hydrogens (tertiary/aromatic N) is 1. The molecule has 0 bridgehead atoms. The van der Waals surface area contributed by atoms with Crippen LogP contribution in [0.2, 0.25) is 0 Å². The lowest BCUT2D eigenvalue weighted by Gasteiger charge is -2.27. The molecule has 4 heteroatoms. The second-order valence-corrected chi connectivity index (χ2v) is 4.09. The van der Waals surface area contributed by atoms with Crippen LogP contribution in [0.5, 0.6) is 0 Å². The van der Waals surface area contributed by atoms with E-state index in [0.717, 1.165) is 32.7 Å². The molecule has 16 heavy (non-hydrogen) atoms. The van der Waals surface area contributed by atoms with Crippen LogP contribution >= 0.6 is 0 Å². The highest BCUT2D eigenvalue weighted by Crippen LogP contribution is 2.07. The van der Waals surface area contributed by atoms with Gasteiger partial charge in [-0.3, -0.25) is 9.69 Å². The van der Waals surface area contributed by atoms with Gasteiger partial charge in [0.05, 0.1) is 0 Å². The monoisotopic (exact) mass is 219 g/mol. The van der Waals surface area contributed by atoms with E-state index in [0.29, 0.717) is 5.56 Å².